The molecule has 152 valence electrons. The van der Waals surface area contributed by atoms with Crippen molar-refractivity contribution in [2.24, 2.45) is 0 Å². The summed E-state index contributed by atoms with van der Waals surface area (Å²) in [5.41, 5.74) is 1.13. The molecule has 4 atom stereocenters. The minimum Gasteiger partial charge on any atom is -0.414 e. The van der Waals surface area contributed by atoms with Crippen LogP contribution >= 0.6 is 0 Å². The van der Waals surface area contributed by atoms with Gasteiger partial charge in [0.15, 0.2) is 20.4 Å². The summed E-state index contributed by atoms with van der Waals surface area (Å²) in [5, 5.41) is 0.150. The van der Waals surface area contributed by atoms with Crippen molar-refractivity contribution < 1.29 is 23.4 Å². The number of benzene rings is 1. The van der Waals surface area contributed by atoms with Crippen LogP contribution in [0.25, 0.3) is 0 Å². The Bertz CT molecular complexity index is 625. The second-order valence-corrected chi connectivity index (χ2v) is 14.3. The van der Waals surface area contributed by atoms with Gasteiger partial charge in [0, 0.05) is 0 Å². The molecule has 0 aliphatic carbocycles. The Hall–Kier alpha value is -0.763. The van der Waals surface area contributed by atoms with Crippen LogP contribution < -0.4 is 0 Å². The first-order chi connectivity index (χ1) is 12.5. The molecule has 0 saturated carbocycles. The highest BCUT2D eigenvalue weighted by molar-refractivity contribution is 6.74. The first-order valence-electron chi connectivity index (χ1n) is 9.79. The summed E-state index contributed by atoms with van der Waals surface area (Å²) in [6.07, 6.45) is -1.07. The molecule has 3 rings (SSSR count). The fourth-order valence-corrected chi connectivity index (χ4v) is 4.17. The molecular formula is C21H34O5Si. The highest BCUT2D eigenvalue weighted by Crippen LogP contribution is 2.41. The zero-order chi connectivity index (χ0) is 19.9. The maximum Gasteiger partial charge on any atom is 0.192 e. The van der Waals surface area contributed by atoms with Crippen LogP contribution in [0.15, 0.2) is 30.3 Å². The third-order valence-corrected chi connectivity index (χ3v) is 10.3. The minimum atomic E-state index is -1.87. The summed E-state index contributed by atoms with van der Waals surface area (Å²) in [7, 11) is -1.87. The maximum absolute atomic E-state index is 6.40. The van der Waals surface area contributed by atoms with E-state index in [2.05, 4.69) is 46.0 Å². The van der Waals surface area contributed by atoms with Crippen molar-refractivity contribution in [3.8, 4) is 0 Å². The number of fused-ring (bicyclic) bond motifs is 1. The molecule has 2 aliphatic heterocycles. The van der Waals surface area contributed by atoms with E-state index in [9.17, 15) is 0 Å². The van der Waals surface area contributed by atoms with E-state index in [1.807, 2.05) is 32.0 Å². The third-order valence-electron chi connectivity index (χ3n) is 5.79. The molecule has 0 bridgehead atoms. The van der Waals surface area contributed by atoms with E-state index in [-0.39, 0.29) is 23.4 Å². The van der Waals surface area contributed by atoms with Crippen LogP contribution in [0, 0.1) is 0 Å². The van der Waals surface area contributed by atoms with E-state index in [4.69, 9.17) is 23.4 Å². The molecule has 0 spiro atoms. The first-order valence-corrected chi connectivity index (χ1v) is 12.7. The van der Waals surface area contributed by atoms with Crippen molar-refractivity contribution in [1.82, 2.24) is 0 Å². The molecule has 0 radical (unpaired) electrons. The van der Waals surface area contributed by atoms with Crippen LogP contribution in [0.4, 0.5) is 0 Å². The molecule has 0 amide bonds. The lowest BCUT2D eigenvalue weighted by atomic mass is 10.1. The second kappa shape index (κ2) is 7.58. The van der Waals surface area contributed by atoms with Gasteiger partial charge >= 0.3 is 0 Å². The normalized spacial score (nSPS) is 30.5. The lowest BCUT2D eigenvalue weighted by molar-refractivity contribution is -0.222. The van der Waals surface area contributed by atoms with Gasteiger partial charge in [-0.1, -0.05) is 51.1 Å². The van der Waals surface area contributed by atoms with Crippen LogP contribution in [-0.2, 0) is 30.0 Å². The molecule has 2 heterocycles. The van der Waals surface area contributed by atoms with Crippen molar-refractivity contribution >= 4 is 8.32 Å². The van der Waals surface area contributed by atoms with Gasteiger partial charge in [0.1, 0.15) is 18.3 Å². The lowest BCUT2D eigenvalue weighted by Crippen LogP contribution is -2.45. The van der Waals surface area contributed by atoms with E-state index >= 15 is 0 Å². The fourth-order valence-electron chi connectivity index (χ4n) is 3.16. The fraction of sp³-hybridized carbons (Fsp3) is 0.714. The van der Waals surface area contributed by atoms with Crippen LogP contribution in [0.5, 0.6) is 0 Å². The molecule has 27 heavy (non-hydrogen) atoms. The second-order valence-electron chi connectivity index (χ2n) is 9.48. The van der Waals surface area contributed by atoms with Gasteiger partial charge in [0.05, 0.1) is 13.2 Å². The van der Waals surface area contributed by atoms with Crippen LogP contribution in [0.1, 0.15) is 40.2 Å². The topological polar surface area (TPSA) is 46.2 Å². The van der Waals surface area contributed by atoms with Crippen molar-refractivity contribution in [3.63, 3.8) is 0 Å². The Balaban J connectivity index is 1.68. The van der Waals surface area contributed by atoms with Gasteiger partial charge in [0.2, 0.25) is 0 Å². The molecule has 2 fully saturated rings. The molecule has 5 nitrogen and oxygen atoms in total. The summed E-state index contributed by atoms with van der Waals surface area (Å²) < 4.78 is 30.8. The standard InChI is InChI=1S/C21H34O5Si/c1-20(2,3)27(6,7)23-14-16-17(22-13-15-11-9-8-10-12-15)18-19(24-16)26-21(4,5)25-18/h8-12,16-19H,13-14H2,1-7H3. The Morgan fingerprint density at radius 1 is 1.07 bits per heavy atom. The Labute approximate surface area is 164 Å². The molecule has 1 aromatic rings. The smallest absolute Gasteiger partial charge is 0.192 e. The predicted octanol–water partition coefficient (Wildman–Crippen LogP) is 4.47. The average Bonchev–Trinajstić information content (AvgIpc) is 3.02. The zero-order valence-electron chi connectivity index (χ0n) is 17.7. The van der Waals surface area contributed by atoms with Gasteiger partial charge in [0.25, 0.3) is 0 Å². The Morgan fingerprint density at radius 3 is 2.37 bits per heavy atom. The van der Waals surface area contributed by atoms with Crippen molar-refractivity contribution in [2.75, 3.05) is 6.61 Å². The Kier molecular flexibility index (Phi) is 5.88. The van der Waals surface area contributed by atoms with Gasteiger partial charge in [-0.05, 0) is 37.5 Å². The largest absolute Gasteiger partial charge is 0.414 e. The summed E-state index contributed by atoms with van der Waals surface area (Å²) in [5.74, 6) is -0.658. The molecular weight excluding hydrogens is 360 g/mol. The molecule has 6 heteroatoms. The minimum absolute atomic E-state index is 0.150. The summed E-state index contributed by atoms with van der Waals surface area (Å²) >= 11 is 0. The molecule has 0 N–H and O–H groups in total. The third kappa shape index (κ3) is 4.81. The highest BCUT2D eigenvalue weighted by atomic mass is 28.4. The van der Waals surface area contributed by atoms with Gasteiger partial charge in [-0.25, -0.2) is 0 Å². The Morgan fingerprint density at radius 2 is 1.74 bits per heavy atom. The van der Waals surface area contributed by atoms with Crippen molar-refractivity contribution in [3.05, 3.63) is 35.9 Å². The van der Waals surface area contributed by atoms with Crippen LogP contribution in [0.2, 0.25) is 18.1 Å². The monoisotopic (exact) mass is 394 g/mol. The first kappa shape index (κ1) is 21.0. The van der Waals surface area contributed by atoms with E-state index in [1.165, 1.54) is 0 Å². The van der Waals surface area contributed by atoms with Crippen molar-refractivity contribution in [1.29, 1.82) is 0 Å². The SMILES string of the molecule is CC1(C)OC2OC(CO[Si](C)(C)C(C)(C)C)C(OCc3ccccc3)C2O1. The zero-order valence-corrected chi connectivity index (χ0v) is 18.7. The quantitative estimate of drug-likeness (QED) is 0.666. The average molecular weight is 395 g/mol. The van der Waals surface area contributed by atoms with Gasteiger partial charge < -0.3 is 23.4 Å². The highest BCUT2D eigenvalue weighted by Gasteiger charge is 2.55. The van der Waals surface area contributed by atoms with E-state index in [0.717, 1.165) is 5.56 Å². The van der Waals surface area contributed by atoms with E-state index in [0.29, 0.717) is 13.2 Å². The van der Waals surface area contributed by atoms with Crippen LogP contribution in [-0.4, -0.2) is 45.3 Å². The number of ether oxygens (including phenoxy) is 4. The molecule has 4 unspecified atom stereocenters. The number of hydrogen-bond acceptors (Lipinski definition) is 5. The van der Waals surface area contributed by atoms with Crippen LogP contribution in [0.3, 0.4) is 0 Å². The number of rotatable bonds is 6. The van der Waals surface area contributed by atoms with Gasteiger partial charge in [-0.15, -0.1) is 0 Å². The summed E-state index contributed by atoms with van der Waals surface area (Å²) in [6, 6.07) is 10.2. The van der Waals surface area contributed by atoms with Gasteiger partial charge in [-0.3, -0.25) is 0 Å². The summed E-state index contributed by atoms with van der Waals surface area (Å²) in [4.78, 5) is 0. The predicted molar refractivity (Wildman–Crippen MR) is 107 cm³/mol. The van der Waals surface area contributed by atoms with E-state index in [1.54, 1.807) is 0 Å². The van der Waals surface area contributed by atoms with Crippen molar-refractivity contribution in [2.45, 2.75) is 89.7 Å². The maximum atomic E-state index is 6.40. The molecule has 2 saturated heterocycles. The molecule has 0 aromatic heterocycles. The molecule has 1 aromatic carbocycles. The van der Waals surface area contributed by atoms with E-state index < -0.39 is 20.4 Å². The van der Waals surface area contributed by atoms with Gasteiger partial charge in [-0.2, -0.15) is 0 Å². The lowest BCUT2D eigenvalue weighted by Gasteiger charge is -2.37. The number of hydrogen-bond donors (Lipinski definition) is 0. The molecule has 2 aliphatic rings. The summed E-state index contributed by atoms with van der Waals surface area (Å²) in [6.45, 7) is 16.0.